The minimum absolute atomic E-state index is 0.0915. The molecular formula is C26H29F2N9O2. The number of nitrogens with two attached hydrogens (primary N) is 1. The molecule has 5 heterocycles. The Morgan fingerprint density at radius 1 is 1.08 bits per heavy atom. The molecule has 1 unspecified atom stereocenters. The fraction of sp³-hybridized carbons (Fsp3) is 0.423. The molecule has 1 aliphatic carbocycles. The van der Waals surface area contributed by atoms with E-state index in [9.17, 15) is 13.6 Å². The molecule has 0 bridgehead atoms. The molecule has 5 aliphatic rings. The summed E-state index contributed by atoms with van der Waals surface area (Å²) in [6.07, 6.45) is 4.72. The normalized spacial score (nSPS) is 23.3. The van der Waals surface area contributed by atoms with Crippen LogP contribution in [0.4, 0.5) is 19.3 Å². The Morgan fingerprint density at radius 3 is 2.62 bits per heavy atom. The number of anilines is 1. The van der Waals surface area contributed by atoms with E-state index in [0.717, 1.165) is 18.9 Å². The van der Waals surface area contributed by atoms with Crippen molar-refractivity contribution in [2.45, 2.75) is 19.1 Å². The molecule has 0 spiro atoms. The average molecular weight is 538 g/mol. The molecule has 4 aliphatic heterocycles. The van der Waals surface area contributed by atoms with Crippen LogP contribution in [0.15, 0.2) is 56.7 Å². The first-order valence-corrected chi connectivity index (χ1v) is 13.2. The van der Waals surface area contributed by atoms with E-state index in [4.69, 9.17) is 15.3 Å². The summed E-state index contributed by atoms with van der Waals surface area (Å²) >= 11 is 0. The van der Waals surface area contributed by atoms with Gasteiger partial charge < -0.3 is 9.32 Å². The summed E-state index contributed by atoms with van der Waals surface area (Å²) in [5, 5.41) is 5.08. The number of nitrogens with zero attached hydrogens (tertiary/aromatic N) is 8. The van der Waals surface area contributed by atoms with Gasteiger partial charge in [-0.2, -0.15) is 0 Å². The molecule has 7 rings (SSSR count). The molecule has 3 fully saturated rings. The number of furan rings is 1. The van der Waals surface area contributed by atoms with Gasteiger partial charge in [0.2, 0.25) is 6.29 Å². The highest BCUT2D eigenvalue weighted by atomic mass is 19.1. The average Bonchev–Trinajstić information content (AvgIpc) is 3.31. The number of carbonyl (C=O) groups is 1. The monoisotopic (exact) mass is 537 g/mol. The third kappa shape index (κ3) is 4.21. The Hall–Kier alpha value is -3.97. The van der Waals surface area contributed by atoms with Crippen LogP contribution in [0.2, 0.25) is 0 Å². The van der Waals surface area contributed by atoms with Gasteiger partial charge >= 0.3 is 6.03 Å². The van der Waals surface area contributed by atoms with E-state index in [1.165, 1.54) is 23.5 Å². The van der Waals surface area contributed by atoms with Crippen LogP contribution in [0, 0.1) is 17.6 Å². The number of benzene rings is 1. The van der Waals surface area contributed by atoms with Crippen LogP contribution in [0.1, 0.15) is 18.6 Å². The van der Waals surface area contributed by atoms with Gasteiger partial charge in [-0.25, -0.2) is 44.4 Å². The van der Waals surface area contributed by atoms with Crippen molar-refractivity contribution in [3.8, 4) is 0 Å². The second-order valence-electron chi connectivity index (χ2n) is 10.4. The van der Waals surface area contributed by atoms with Crippen molar-refractivity contribution in [2.24, 2.45) is 21.7 Å². The number of hydrogen-bond donors (Lipinski definition) is 1. The smallest absolute Gasteiger partial charge is 0.342 e. The zero-order valence-electron chi connectivity index (χ0n) is 21.3. The third-order valence-electron chi connectivity index (χ3n) is 7.85. The first-order valence-electron chi connectivity index (χ1n) is 13.2. The number of urea groups is 1. The Bertz CT molecular complexity index is 1370. The zero-order chi connectivity index (χ0) is 26.7. The van der Waals surface area contributed by atoms with Crippen molar-refractivity contribution < 1.29 is 18.0 Å². The van der Waals surface area contributed by atoms with Crippen LogP contribution in [0.5, 0.6) is 0 Å². The number of carbonyl (C=O) groups excluding carboxylic acids is 1. The Labute approximate surface area is 224 Å². The lowest BCUT2D eigenvalue weighted by Crippen LogP contribution is -2.49. The van der Waals surface area contributed by atoms with Gasteiger partial charge in [0.25, 0.3) is 0 Å². The maximum atomic E-state index is 14.3. The van der Waals surface area contributed by atoms with Gasteiger partial charge in [-0.15, -0.1) is 0 Å². The molecule has 2 N–H and O–H groups in total. The van der Waals surface area contributed by atoms with Crippen molar-refractivity contribution in [2.75, 3.05) is 50.7 Å². The largest absolute Gasteiger partial charge is 0.463 e. The van der Waals surface area contributed by atoms with Crippen LogP contribution < -0.4 is 10.7 Å². The number of piperazine rings is 1. The number of fused-ring (bicyclic) bond motifs is 3. The van der Waals surface area contributed by atoms with Gasteiger partial charge in [-0.05, 0) is 43.0 Å². The molecule has 2 amide bonds. The van der Waals surface area contributed by atoms with Crippen LogP contribution in [-0.2, 0) is 0 Å². The lowest BCUT2D eigenvalue weighted by atomic mass is 10.2. The summed E-state index contributed by atoms with van der Waals surface area (Å²) in [7, 11) is 0. The fourth-order valence-electron chi connectivity index (χ4n) is 5.58. The summed E-state index contributed by atoms with van der Waals surface area (Å²) in [5.41, 5.74) is 1.66. The van der Waals surface area contributed by atoms with E-state index in [1.54, 1.807) is 22.2 Å². The van der Waals surface area contributed by atoms with Gasteiger partial charge in [0.1, 0.15) is 29.4 Å². The first kappa shape index (κ1) is 24.1. The molecule has 1 aromatic carbocycles. The molecule has 39 heavy (non-hydrogen) atoms. The maximum Gasteiger partial charge on any atom is 0.342 e. The molecule has 1 saturated carbocycles. The molecule has 1 atom stereocenters. The van der Waals surface area contributed by atoms with E-state index in [0.29, 0.717) is 80.4 Å². The number of amidine groups is 1. The predicted molar refractivity (Wildman–Crippen MR) is 140 cm³/mol. The molecule has 2 aromatic rings. The van der Waals surface area contributed by atoms with Gasteiger partial charge in [-0.1, -0.05) is 0 Å². The van der Waals surface area contributed by atoms with Crippen molar-refractivity contribution >= 4 is 29.6 Å². The number of amides is 2. The quantitative estimate of drug-likeness (QED) is 0.541. The molecule has 204 valence electrons. The Morgan fingerprint density at radius 2 is 1.90 bits per heavy atom. The molecule has 0 radical (unpaired) electrons. The van der Waals surface area contributed by atoms with E-state index >= 15 is 0 Å². The van der Waals surface area contributed by atoms with Crippen molar-refractivity contribution in [3.63, 3.8) is 0 Å². The Kier molecular flexibility index (Phi) is 5.77. The van der Waals surface area contributed by atoms with E-state index in [1.807, 2.05) is 16.0 Å². The van der Waals surface area contributed by atoms with Crippen LogP contribution in [-0.4, -0.2) is 95.1 Å². The second kappa shape index (κ2) is 9.35. The third-order valence-corrected chi connectivity index (χ3v) is 7.85. The predicted octanol–water partition coefficient (Wildman–Crippen LogP) is 2.33. The minimum Gasteiger partial charge on any atom is -0.463 e. The summed E-state index contributed by atoms with van der Waals surface area (Å²) in [5.74, 6) is 6.68. The lowest BCUT2D eigenvalue weighted by Gasteiger charge is -2.36. The summed E-state index contributed by atoms with van der Waals surface area (Å²) in [6.45, 7) is 4.35. The van der Waals surface area contributed by atoms with Gasteiger partial charge in [0.05, 0.1) is 12.0 Å². The lowest BCUT2D eigenvalue weighted by molar-refractivity contribution is 0.0582. The van der Waals surface area contributed by atoms with E-state index in [-0.39, 0.29) is 6.03 Å². The van der Waals surface area contributed by atoms with Crippen LogP contribution in [0.3, 0.4) is 0 Å². The number of halogens is 2. The van der Waals surface area contributed by atoms with E-state index < -0.39 is 17.9 Å². The summed E-state index contributed by atoms with van der Waals surface area (Å²) < 4.78 is 33.2. The number of hydrogen-bond acceptors (Lipinski definition) is 9. The van der Waals surface area contributed by atoms with Crippen molar-refractivity contribution in [1.82, 2.24) is 24.8 Å². The van der Waals surface area contributed by atoms with Gasteiger partial charge in [0.15, 0.2) is 11.6 Å². The second-order valence-corrected chi connectivity index (χ2v) is 10.4. The molecule has 13 heteroatoms. The molecule has 11 nitrogen and oxygen atoms in total. The van der Waals surface area contributed by atoms with Crippen molar-refractivity contribution in [1.29, 1.82) is 0 Å². The van der Waals surface area contributed by atoms with E-state index in [2.05, 4.69) is 9.89 Å². The Balaban J connectivity index is 1.09. The first-order chi connectivity index (χ1) is 19.0. The number of rotatable bonds is 7. The highest BCUT2D eigenvalue weighted by molar-refractivity contribution is 6.12. The van der Waals surface area contributed by atoms with Crippen molar-refractivity contribution in [3.05, 3.63) is 59.7 Å². The zero-order valence-corrected chi connectivity index (χ0v) is 21.3. The van der Waals surface area contributed by atoms with Crippen LogP contribution >= 0.6 is 0 Å². The fourth-order valence-corrected chi connectivity index (χ4v) is 5.58. The molecular weight excluding hydrogens is 508 g/mol. The maximum absolute atomic E-state index is 14.3. The minimum atomic E-state index is -0.582. The topological polar surface area (TPSA) is 100 Å². The number of aliphatic imine (C=N–C) groups is 2. The SMILES string of the molecule is NN1C=NC(c2ccco2)=C2C1=NC1N(CCN3CCN(c4ccc(F)cc4F)CC3)C(=O)N(CC3CC3)N21. The van der Waals surface area contributed by atoms with Gasteiger partial charge in [-0.3, -0.25) is 9.80 Å². The van der Waals surface area contributed by atoms with Gasteiger partial charge in [0, 0.05) is 51.9 Å². The summed E-state index contributed by atoms with van der Waals surface area (Å²) in [6, 6.07) is 7.22. The standard InChI is InChI=1S/C26H29F2N9O2/c27-18-5-6-20(19(28)14-18)33-10-7-32(8-11-33)9-12-34-25-31-24-23(37(25)36(26(34)38)15-17-3-4-17)22(30-16-35(24)29)21-2-1-13-39-21/h1-2,5-6,13-14,16-17,25H,3-4,7-12,15,29H2. The molecule has 1 aromatic heterocycles. The summed E-state index contributed by atoms with van der Waals surface area (Å²) in [4.78, 5) is 29.1. The van der Waals surface area contributed by atoms with Crippen LogP contribution in [0.25, 0.3) is 5.70 Å². The highest BCUT2D eigenvalue weighted by Crippen LogP contribution is 2.41. The molecule has 2 saturated heterocycles. The highest BCUT2D eigenvalue weighted by Gasteiger charge is 2.53. The number of hydrazine groups is 2.